The molecule has 4 nitrogen and oxygen atoms in total. The molecule has 1 fully saturated rings. The predicted molar refractivity (Wildman–Crippen MR) is 80.3 cm³/mol. The summed E-state index contributed by atoms with van der Waals surface area (Å²) in [6.45, 7) is -0.178. The maximum absolute atomic E-state index is 12.1. The quantitative estimate of drug-likeness (QED) is 0.857. The second kappa shape index (κ2) is 5.75. The molecule has 0 aliphatic heterocycles. The Labute approximate surface area is 124 Å². The van der Waals surface area contributed by atoms with Crippen LogP contribution in [0.4, 0.5) is 5.13 Å². The average molecular weight is 304 g/mol. The molecule has 1 saturated carbocycles. The van der Waals surface area contributed by atoms with Gasteiger partial charge in [0.1, 0.15) is 6.61 Å². The van der Waals surface area contributed by atoms with Gasteiger partial charge in [-0.15, -0.1) is 22.7 Å². The van der Waals surface area contributed by atoms with Crippen LogP contribution in [0, 0.1) is 11.8 Å². The number of nitrogens with zero attached hydrogens (tertiary/aromatic N) is 1. The van der Waals surface area contributed by atoms with Gasteiger partial charge in [-0.2, -0.15) is 0 Å². The van der Waals surface area contributed by atoms with Crippen molar-refractivity contribution in [3.05, 3.63) is 33.0 Å². The Kier molecular flexibility index (Phi) is 3.83. The normalized spacial score (nSPS) is 13.7. The molecule has 6 heteroatoms. The van der Waals surface area contributed by atoms with Gasteiger partial charge in [0.2, 0.25) is 0 Å². The Bertz CT molecular complexity index is 689. The number of anilines is 1. The van der Waals surface area contributed by atoms with Gasteiger partial charge in [0, 0.05) is 16.7 Å². The lowest BCUT2D eigenvalue weighted by Crippen LogP contribution is -2.10. The second-order valence-corrected chi connectivity index (χ2v) is 6.23. The fourth-order valence-corrected chi connectivity index (χ4v) is 3.27. The van der Waals surface area contributed by atoms with Gasteiger partial charge in [0.05, 0.1) is 16.1 Å². The Morgan fingerprint density at radius 1 is 1.45 bits per heavy atom. The SMILES string of the molecule is O=C(Nc1nc(C2CC2)cs1)c1csc(C#CCO)c1. The Morgan fingerprint density at radius 2 is 2.30 bits per heavy atom. The molecule has 2 aromatic heterocycles. The highest BCUT2D eigenvalue weighted by Crippen LogP contribution is 2.40. The number of carbonyl (C=O) groups is 1. The van der Waals surface area contributed by atoms with Crippen LogP contribution >= 0.6 is 22.7 Å². The Balaban J connectivity index is 1.67. The fraction of sp³-hybridized carbons (Fsp3) is 0.286. The van der Waals surface area contributed by atoms with E-state index in [-0.39, 0.29) is 12.5 Å². The van der Waals surface area contributed by atoms with Gasteiger partial charge in [0.25, 0.3) is 5.91 Å². The maximum Gasteiger partial charge on any atom is 0.258 e. The highest BCUT2D eigenvalue weighted by Gasteiger charge is 2.26. The van der Waals surface area contributed by atoms with Crippen LogP contribution in [0.25, 0.3) is 0 Å². The molecule has 0 spiro atoms. The van der Waals surface area contributed by atoms with E-state index < -0.39 is 0 Å². The lowest BCUT2D eigenvalue weighted by Gasteiger charge is -1.97. The van der Waals surface area contributed by atoms with E-state index in [2.05, 4.69) is 22.1 Å². The minimum Gasteiger partial charge on any atom is -0.384 e. The highest BCUT2D eigenvalue weighted by atomic mass is 32.1. The van der Waals surface area contributed by atoms with E-state index in [9.17, 15) is 4.79 Å². The smallest absolute Gasteiger partial charge is 0.258 e. The summed E-state index contributed by atoms with van der Waals surface area (Å²) in [4.78, 5) is 17.2. The molecule has 1 aliphatic carbocycles. The fourth-order valence-electron chi connectivity index (χ4n) is 1.73. The molecule has 1 amide bonds. The number of thiophene rings is 1. The summed E-state index contributed by atoms with van der Waals surface area (Å²) in [6.07, 6.45) is 2.41. The Hall–Kier alpha value is -1.68. The zero-order valence-corrected chi connectivity index (χ0v) is 12.2. The van der Waals surface area contributed by atoms with E-state index in [1.807, 2.05) is 5.38 Å². The minimum atomic E-state index is -0.178. The van der Waals surface area contributed by atoms with Crippen molar-refractivity contribution in [3.63, 3.8) is 0 Å². The summed E-state index contributed by atoms with van der Waals surface area (Å²) in [6, 6.07) is 1.72. The number of aromatic nitrogens is 1. The van der Waals surface area contributed by atoms with Crippen LogP contribution < -0.4 is 5.32 Å². The van der Waals surface area contributed by atoms with Crippen molar-refractivity contribution < 1.29 is 9.90 Å². The molecule has 0 unspecified atom stereocenters. The summed E-state index contributed by atoms with van der Waals surface area (Å²) in [7, 11) is 0. The molecule has 0 atom stereocenters. The third-order valence-corrected chi connectivity index (χ3v) is 4.51. The van der Waals surface area contributed by atoms with Gasteiger partial charge in [0.15, 0.2) is 5.13 Å². The molecular weight excluding hydrogens is 292 g/mol. The van der Waals surface area contributed by atoms with E-state index in [1.165, 1.54) is 35.5 Å². The van der Waals surface area contributed by atoms with Gasteiger partial charge in [-0.3, -0.25) is 10.1 Å². The molecule has 0 radical (unpaired) electrons. The lowest BCUT2D eigenvalue weighted by atomic mass is 10.3. The number of amides is 1. The average Bonchev–Trinajstić information content (AvgIpc) is 3.01. The van der Waals surface area contributed by atoms with E-state index in [1.54, 1.807) is 11.4 Å². The number of nitrogens with one attached hydrogen (secondary N) is 1. The Morgan fingerprint density at radius 3 is 3.05 bits per heavy atom. The number of aliphatic hydroxyl groups excluding tert-OH is 1. The zero-order valence-electron chi connectivity index (χ0n) is 10.5. The molecule has 2 heterocycles. The summed E-state index contributed by atoms with van der Waals surface area (Å²) in [5, 5.41) is 15.9. The summed E-state index contributed by atoms with van der Waals surface area (Å²) < 4.78 is 0. The monoisotopic (exact) mass is 304 g/mol. The summed E-state index contributed by atoms with van der Waals surface area (Å²) in [5.41, 5.74) is 1.66. The predicted octanol–water partition coefficient (Wildman–Crippen LogP) is 2.68. The van der Waals surface area contributed by atoms with Crippen molar-refractivity contribution in [3.8, 4) is 11.8 Å². The van der Waals surface area contributed by atoms with Crippen molar-refractivity contribution in [1.82, 2.24) is 4.98 Å². The van der Waals surface area contributed by atoms with Crippen molar-refractivity contribution in [1.29, 1.82) is 0 Å². The van der Waals surface area contributed by atoms with Crippen molar-refractivity contribution >= 4 is 33.7 Å². The van der Waals surface area contributed by atoms with Gasteiger partial charge in [-0.1, -0.05) is 11.8 Å². The molecule has 2 N–H and O–H groups in total. The highest BCUT2D eigenvalue weighted by molar-refractivity contribution is 7.14. The molecule has 20 heavy (non-hydrogen) atoms. The third kappa shape index (κ3) is 3.07. The number of hydrogen-bond donors (Lipinski definition) is 2. The van der Waals surface area contributed by atoms with Crippen LogP contribution in [0.2, 0.25) is 0 Å². The molecule has 3 rings (SSSR count). The van der Waals surface area contributed by atoms with Crippen LogP contribution in [0.3, 0.4) is 0 Å². The van der Waals surface area contributed by atoms with Gasteiger partial charge < -0.3 is 5.11 Å². The molecule has 2 aromatic rings. The van der Waals surface area contributed by atoms with E-state index in [0.29, 0.717) is 16.6 Å². The largest absolute Gasteiger partial charge is 0.384 e. The molecular formula is C14H12N2O2S2. The first-order valence-corrected chi connectivity index (χ1v) is 7.97. The van der Waals surface area contributed by atoms with E-state index >= 15 is 0 Å². The molecule has 0 aromatic carbocycles. The lowest BCUT2D eigenvalue weighted by molar-refractivity contribution is 0.102. The number of rotatable bonds is 3. The number of carbonyl (C=O) groups excluding carboxylic acids is 1. The molecule has 1 aliphatic rings. The maximum atomic E-state index is 12.1. The first kappa shape index (κ1) is 13.3. The van der Waals surface area contributed by atoms with Crippen LogP contribution in [0.5, 0.6) is 0 Å². The number of hydrogen-bond acceptors (Lipinski definition) is 5. The molecule has 102 valence electrons. The van der Waals surface area contributed by atoms with Crippen molar-refractivity contribution in [2.45, 2.75) is 18.8 Å². The van der Waals surface area contributed by atoms with E-state index in [4.69, 9.17) is 5.11 Å². The minimum absolute atomic E-state index is 0.171. The standard InChI is InChI=1S/C14H12N2O2S2/c17-5-1-2-11-6-10(7-19-11)13(18)16-14-15-12(8-20-14)9-3-4-9/h6-9,17H,3-5H2,(H,15,16,18). The number of aliphatic hydroxyl groups is 1. The number of thiazole rings is 1. The first-order chi connectivity index (χ1) is 9.76. The van der Waals surface area contributed by atoms with E-state index in [0.717, 1.165) is 10.6 Å². The summed E-state index contributed by atoms with van der Waals surface area (Å²) in [5.74, 6) is 5.77. The third-order valence-electron chi connectivity index (χ3n) is 2.89. The zero-order chi connectivity index (χ0) is 13.9. The van der Waals surface area contributed by atoms with Crippen molar-refractivity contribution in [2.75, 3.05) is 11.9 Å². The van der Waals surface area contributed by atoms with Crippen LogP contribution in [0.1, 0.15) is 39.7 Å². The van der Waals surface area contributed by atoms with Crippen LogP contribution in [0.15, 0.2) is 16.8 Å². The summed E-state index contributed by atoms with van der Waals surface area (Å²) >= 11 is 2.85. The second-order valence-electron chi connectivity index (χ2n) is 4.47. The molecule has 0 bridgehead atoms. The van der Waals surface area contributed by atoms with Crippen LogP contribution in [-0.2, 0) is 0 Å². The molecule has 0 saturated heterocycles. The van der Waals surface area contributed by atoms with Gasteiger partial charge in [-0.05, 0) is 18.9 Å². The van der Waals surface area contributed by atoms with Gasteiger partial charge >= 0.3 is 0 Å². The topological polar surface area (TPSA) is 62.2 Å². The van der Waals surface area contributed by atoms with Crippen LogP contribution in [-0.4, -0.2) is 22.6 Å². The van der Waals surface area contributed by atoms with Crippen molar-refractivity contribution in [2.24, 2.45) is 0 Å². The van der Waals surface area contributed by atoms with Gasteiger partial charge in [-0.25, -0.2) is 4.98 Å². The first-order valence-electron chi connectivity index (χ1n) is 6.21.